The van der Waals surface area contributed by atoms with E-state index < -0.39 is 5.54 Å². The molecule has 1 spiro atoms. The Morgan fingerprint density at radius 3 is 2.80 bits per heavy atom. The minimum atomic E-state index is -0.768. The lowest BCUT2D eigenvalue weighted by molar-refractivity contribution is -0.137. The molecule has 2 aromatic heterocycles. The van der Waals surface area contributed by atoms with Gasteiger partial charge in [-0.25, -0.2) is 4.79 Å². The van der Waals surface area contributed by atoms with Crippen LogP contribution in [0, 0.1) is 11.8 Å². The summed E-state index contributed by atoms with van der Waals surface area (Å²) in [6.45, 7) is 4.26. The topological polar surface area (TPSA) is 75.4 Å². The molecule has 6 nitrogen and oxygen atoms in total. The third-order valence-corrected chi connectivity index (χ3v) is 6.51. The molecule has 0 radical (unpaired) electrons. The van der Waals surface area contributed by atoms with Crippen LogP contribution in [0.4, 0.5) is 4.79 Å². The van der Waals surface area contributed by atoms with Gasteiger partial charge in [0.1, 0.15) is 11.2 Å². The Kier molecular flexibility index (Phi) is 3.91. The van der Waals surface area contributed by atoms with Crippen LogP contribution in [0.25, 0.3) is 10.6 Å². The molecule has 0 aromatic carbocycles. The molecule has 2 aliphatic rings. The molecule has 1 unspecified atom stereocenters. The largest absolute Gasteiger partial charge is 0.355 e. The number of imide groups is 1. The average Bonchev–Trinajstić information content (AvgIpc) is 3.29. The molecule has 3 heterocycles. The van der Waals surface area contributed by atoms with E-state index in [0.29, 0.717) is 11.5 Å². The first kappa shape index (κ1) is 16.3. The molecule has 1 saturated heterocycles. The molecule has 1 saturated carbocycles. The van der Waals surface area contributed by atoms with Crippen LogP contribution in [0.15, 0.2) is 28.1 Å². The van der Waals surface area contributed by atoms with E-state index in [1.54, 1.807) is 17.4 Å². The predicted molar refractivity (Wildman–Crippen MR) is 93.8 cm³/mol. The molecular formula is C18H21N3O3S. The van der Waals surface area contributed by atoms with E-state index in [-0.39, 0.29) is 30.3 Å². The van der Waals surface area contributed by atoms with E-state index in [1.807, 2.05) is 17.5 Å². The SMILES string of the molecule is C[C@@H]1CCC[C@H](C)C12NC(=O)N(Cc1cc(-c3cccs3)on1)C2=O. The molecule has 4 rings (SSSR count). The molecule has 1 aliphatic carbocycles. The van der Waals surface area contributed by atoms with Crippen LogP contribution in [0.2, 0.25) is 0 Å². The molecule has 2 aromatic rings. The van der Waals surface area contributed by atoms with Gasteiger partial charge >= 0.3 is 6.03 Å². The van der Waals surface area contributed by atoms with Crippen molar-refractivity contribution in [3.63, 3.8) is 0 Å². The van der Waals surface area contributed by atoms with Gasteiger partial charge in [0.25, 0.3) is 5.91 Å². The Hall–Kier alpha value is -2.15. The zero-order chi connectivity index (χ0) is 17.6. The Morgan fingerprint density at radius 1 is 1.36 bits per heavy atom. The lowest BCUT2D eigenvalue weighted by Crippen LogP contribution is -2.58. The molecule has 1 aliphatic heterocycles. The number of nitrogens with one attached hydrogen (secondary N) is 1. The summed E-state index contributed by atoms with van der Waals surface area (Å²) < 4.78 is 5.36. The highest BCUT2D eigenvalue weighted by molar-refractivity contribution is 7.13. The fraction of sp³-hybridized carbons (Fsp3) is 0.500. The zero-order valence-corrected chi connectivity index (χ0v) is 15.1. The number of urea groups is 1. The van der Waals surface area contributed by atoms with Gasteiger partial charge in [0.15, 0.2) is 5.76 Å². The quantitative estimate of drug-likeness (QED) is 0.849. The van der Waals surface area contributed by atoms with Crippen molar-refractivity contribution in [3.8, 4) is 10.6 Å². The van der Waals surface area contributed by atoms with Gasteiger partial charge in [0, 0.05) is 6.07 Å². The second-order valence-corrected chi connectivity index (χ2v) is 8.03. The highest BCUT2D eigenvalue weighted by atomic mass is 32.1. The molecule has 2 fully saturated rings. The Bertz CT molecular complexity index is 788. The van der Waals surface area contributed by atoms with Crippen molar-refractivity contribution in [1.29, 1.82) is 0 Å². The number of amides is 3. The summed E-state index contributed by atoms with van der Waals surface area (Å²) in [5.74, 6) is 0.803. The Morgan fingerprint density at radius 2 is 2.12 bits per heavy atom. The molecule has 3 amide bonds. The van der Waals surface area contributed by atoms with E-state index in [9.17, 15) is 9.59 Å². The normalized spacial score (nSPS) is 29.4. The Labute approximate surface area is 150 Å². The molecule has 0 bridgehead atoms. The monoisotopic (exact) mass is 359 g/mol. The minimum Gasteiger partial charge on any atom is -0.355 e. The second-order valence-electron chi connectivity index (χ2n) is 7.08. The lowest BCUT2D eigenvalue weighted by Gasteiger charge is -2.42. The van der Waals surface area contributed by atoms with Crippen LogP contribution in [0.3, 0.4) is 0 Å². The van der Waals surface area contributed by atoms with Crippen LogP contribution >= 0.6 is 11.3 Å². The summed E-state index contributed by atoms with van der Waals surface area (Å²) in [7, 11) is 0. The molecular weight excluding hydrogens is 338 g/mol. The number of carbonyl (C=O) groups excluding carboxylic acids is 2. The van der Waals surface area contributed by atoms with Gasteiger partial charge in [-0.1, -0.05) is 31.5 Å². The number of carbonyl (C=O) groups is 2. The van der Waals surface area contributed by atoms with E-state index in [0.717, 1.165) is 24.1 Å². The van der Waals surface area contributed by atoms with Crippen molar-refractivity contribution in [2.24, 2.45) is 11.8 Å². The van der Waals surface area contributed by atoms with Gasteiger partial charge in [0.2, 0.25) is 0 Å². The fourth-order valence-corrected chi connectivity index (χ4v) is 4.85. The number of thiophene rings is 1. The summed E-state index contributed by atoms with van der Waals surface area (Å²) in [5, 5.41) is 9.00. The predicted octanol–water partition coefficient (Wildman–Crippen LogP) is 3.65. The van der Waals surface area contributed by atoms with Crippen molar-refractivity contribution in [2.45, 2.75) is 45.2 Å². The summed E-state index contributed by atoms with van der Waals surface area (Å²) in [6, 6.07) is 5.36. The van der Waals surface area contributed by atoms with E-state index in [1.165, 1.54) is 4.90 Å². The summed E-state index contributed by atoms with van der Waals surface area (Å²) >= 11 is 1.56. The molecule has 132 valence electrons. The van der Waals surface area contributed by atoms with Crippen LogP contribution in [0.1, 0.15) is 38.8 Å². The summed E-state index contributed by atoms with van der Waals surface area (Å²) in [5.41, 5.74) is -0.185. The maximum absolute atomic E-state index is 13.1. The van der Waals surface area contributed by atoms with E-state index in [4.69, 9.17) is 4.52 Å². The standard InChI is InChI=1S/C18H21N3O3S/c1-11-5-3-6-12(2)18(11)16(22)21(17(23)19-18)10-13-9-14(24-20-13)15-7-4-8-25-15/h4,7-9,11-12H,3,5-6,10H2,1-2H3,(H,19,23)/t11-,12+,18?. The maximum Gasteiger partial charge on any atom is 0.325 e. The summed E-state index contributed by atoms with van der Waals surface area (Å²) in [6.07, 6.45) is 3.01. The fourth-order valence-electron chi connectivity index (χ4n) is 4.18. The number of hydrogen-bond donors (Lipinski definition) is 1. The smallest absolute Gasteiger partial charge is 0.325 e. The van der Waals surface area contributed by atoms with Gasteiger partial charge in [-0.15, -0.1) is 11.3 Å². The molecule has 25 heavy (non-hydrogen) atoms. The van der Waals surface area contributed by atoms with E-state index in [2.05, 4.69) is 24.3 Å². The number of rotatable bonds is 3. The van der Waals surface area contributed by atoms with Crippen LogP contribution in [-0.2, 0) is 11.3 Å². The third kappa shape index (κ3) is 2.49. The van der Waals surface area contributed by atoms with Gasteiger partial charge in [-0.2, -0.15) is 0 Å². The third-order valence-electron chi connectivity index (χ3n) is 5.63. The maximum atomic E-state index is 13.1. The van der Waals surface area contributed by atoms with Crippen molar-refractivity contribution in [1.82, 2.24) is 15.4 Å². The second kappa shape index (κ2) is 5.98. The molecule has 7 heteroatoms. The van der Waals surface area contributed by atoms with Gasteiger partial charge < -0.3 is 9.84 Å². The molecule has 3 atom stereocenters. The number of aromatic nitrogens is 1. The average molecular weight is 359 g/mol. The number of nitrogens with zero attached hydrogens (tertiary/aromatic N) is 2. The first-order valence-corrected chi connectivity index (χ1v) is 9.54. The van der Waals surface area contributed by atoms with Crippen molar-refractivity contribution in [2.75, 3.05) is 0 Å². The van der Waals surface area contributed by atoms with Gasteiger partial charge in [0.05, 0.1) is 11.4 Å². The van der Waals surface area contributed by atoms with Crippen molar-refractivity contribution >= 4 is 23.3 Å². The first-order chi connectivity index (χ1) is 12.0. The van der Waals surface area contributed by atoms with Gasteiger partial charge in [-0.3, -0.25) is 9.69 Å². The van der Waals surface area contributed by atoms with Gasteiger partial charge in [-0.05, 0) is 36.1 Å². The lowest BCUT2D eigenvalue weighted by atomic mass is 9.67. The molecule has 1 N–H and O–H groups in total. The van der Waals surface area contributed by atoms with Crippen molar-refractivity contribution in [3.05, 3.63) is 29.3 Å². The highest BCUT2D eigenvalue weighted by Gasteiger charge is 2.58. The Balaban J connectivity index is 1.57. The first-order valence-electron chi connectivity index (χ1n) is 8.66. The summed E-state index contributed by atoms with van der Waals surface area (Å²) in [4.78, 5) is 27.9. The van der Waals surface area contributed by atoms with Crippen LogP contribution in [-0.4, -0.2) is 27.5 Å². The van der Waals surface area contributed by atoms with Crippen LogP contribution < -0.4 is 5.32 Å². The minimum absolute atomic E-state index is 0.127. The number of hydrogen-bond acceptors (Lipinski definition) is 5. The van der Waals surface area contributed by atoms with E-state index >= 15 is 0 Å². The van der Waals surface area contributed by atoms with Crippen molar-refractivity contribution < 1.29 is 14.1 Å². The highest BCUT2D eigenvalue weighted by Crippen LogP contribution is 2.42. The zero-order valence-electron chi connectivity index (χ0n) is 14.3. The van der Waals surface area contributed by atoms with Crippen LogP contribution in [0.5, 0.6) is 0 Å².